The molecule has 1 aromatic heterocycles. The molecule has 1 aliphatic heterocycles. The highest BCUT2D eigenvalue weighted by molar-refractivity contribution is 7.09. The number of nitrogens with one attached hydrogen (secondary N) is 1. The lowest BCUT2D eigenvalue weighted by Gasteiger charge is -2.35. The van der Waals surface area contributed by atoms with Gasteiger partial charge in [-0.1, -0.05) is 20.8 Å². The average Bonchev–Trinajstić information content (AvgIpc) is 2.81. The average molecular weight is 267 g/mol. The van der Waals surface area contributed by atoms with Crippen LogP contribution >= 0.6 is 11.3 Å². The first kappa shape index (κ1) is 13.0. The number of aromatic nitrogens is 1. The Bertz CT molecular complexity index is 478. The lowest BCUT2D eigenvalue weighted by Crippen LogP contribution is -2.54. The molecule has 3 amide bonds. The van der Waals surface area contributed by atoms with Gasteiger partial charge in [0.15, 0.2) is 0 Å². The third-order valence-corrected chi connectivity index (χ3v) is 4.32. The summed E-state index contributed by atoms with van der Waals surface area (Å²) in [6, 6.07) is -0.340. The van der Waals surface area contributed by atoms with Gasteiger partial charge in [-0.15, -0.1) is 11.3 Å². The maximum Gasteiger partial charge on any atom is 0.325 e. The van der Waals surface area contributed by atoms with Crippen LogP contribution in [0.5, 0.6) is 0 Å². The first-order valence-corrected chi connectivity index (χ1v) is 6.66. The zero-order valence-corrected chi connectivity index (χ0v) is 11.8. The van der Waals surface area contributed by atoms with Gasteiger partial charge in [0.05, 0.1) is 6.54 Å². The van der Waals surface area contributed by atoms with Crippen LogP contribution in [-0.4, -0.2) is 27.4 Å². The van der Waals surface area contributed by atoms with Gasteiger partial charge >= 0.3 is 6.03 Å². The van der Waals surface area contributed by atoms with Crippen LogP contribution in [-0.2, 0) is 11.3 Å². The number of nitrogens with zero attached hydrogens (tertiary/aromatic N) is 2. The topological polar surface area (TPSA) is 62.3 Å². The molecule has 98 valence electrons. The van der Waals surface area contributed by atoms with Crippen molar-refractivity contribution in [2.75, 3.05) is 0 Å². The lowest BCUT2D eigenvalue weighted by atomic mass is 9.75. The first-order chi connectivity index (χ1) is 8.25. The Labute approximate surface area is 110 Å². The minimum atomic E-state index is -0.860. The van der Waals surface area contributed by atoms with Crippen LogP contribution in [0.2, 0.25) is 0 Å². The molecule has 0 unspecified atom stereocenters. The van der Waals surface area contributed by atoms with Crippen LogP contribution in [0.4, 0.5) is 4.79 Å². The molecule has 1 aliphatic rings. The summed E-state index contributed by atoms with van der Waals surface area (Å²) in [5.41, 5.74) is -1.20. The standard InChI is InChI=1S/C12H17N3O2S/c1-11(2,3)12(4)9(16)15(10(17)14-12)7-8-13-5-6-18-8/h5-6H,7H2,1-4H3,(H,14,17)/t12-/m0/s1. The van der Waals surface area contributed by atoms with E-state index in [0.29, 0.717) is 0 Å². The second-order valence-electron chi connectivity index (χ2n) is 5.62. The number of carbonyl (C=O) groups is 2. The summed E-state index contributed by atoms with van der Waals surface area (Å²) in [4.78, 5) is 29.7. The Morgan fingerprint density at radius 1 is 1.44 bits per heavy atom. The van der Waals surface area contributed by atoms with Crippen molar-refractivity contribution in [1.29, 1.82) is 0 Å². The predicted molar refractivity (Wildman–Crippen MR) is 69.1 cm³/mol. The Balaban J connectivity index is 2.25. The SMILES string of the molecule is CC(C)(C)[C@@]1(C)NC(=O)N(Cc2nccs2)C1=O. The van der Waals surface area contributed by atoms with E-state index >= 15 is 0 Å². The van der Waals surface area contributed by atoms with Crippen molar-refractivity contribution >= 4 is 23.3 Å². The van der Waals surface area contributed by atoms with Gasteiger partial charge in [-0.25, -0.2) is 9.78 Å². The van der Waals surface area contributed by atoms with Crippen LogP contribution in [0, 0.1) is 5.41 Å². The van der Waals surface area contributed by atoms with Gasteiger partial charge in [-0.05, 0) is 12.3 Å². The highest BCUT2D eigenvalue weighted by Crippen LogP contribution is 2.35. The van der Waals surface area contributed by atoms with Crippen molar-refractivity contribution in [1.82, 2.24) is 15.2 Å². The number of urea groups is 1. The van der Waals surface area contributed by atoms with Crippen molar-refractivity contribution in [3.8, 4) is 0 Å². The van der Waals surface area contributed by atoms with E-state index in [1.165, 1.54) is 16.2 Å². The number of carbonyl (C=O) groups excluding carboxylic acids is 2. The van der Waals surface area contributed by atoms with Crippen molar-refractivity contribution < 1.29 is 9.59 Å². The molecule has 0 spiro atoms. The van der Waals surface area contributed by atoms with E-state index < -0.39 is 5.54 Å². The van der Waals surface area contributed by atoms with Gasteiger partial charge in [0.25, 0.3) is 5.91 Å². The number of thiazole rings is 1. The second-order valence-corrected chi connectivity index (χ2v) is 6.60. The fraction of sp³-hybridized carbons (Fsp3) is 0.583. The minimum absolute atomic E-state index is 0.185. The van der Waals surface area contributed by atoms with E-state index in [9.17, 15) is 9.59 Å². The number of amides is 3. The summed E-state index contributed by atoms with van der Waals surface area (Å²) in [5, 5.41) is 5.39. The predicted octanol–water partition coefficient (Wildman–Crippen LogP) is 2.00. The zero-order valence-electron chi connectivity index (χ0n) is 11.0. The summed E-state index contributed by atoms with van der Waals surface area (Å²) in [6.45, 7) is 7.84. The normalized spacial score (nSPS) is 24.6. The third-order valence-electron chi connectivity index (χ3n) is 3.55. The molecule has 0 aromatic carbocycles. The largest absolute Gasteiger partial charge is 0.325 e. The number of hydrogen-bond donors (Lipinski definition) is 1. The van der Waals surface area contributed by atoms with Gasteiger partial charge in [-0.3, -0.25) is 9.69 Å². The fourth-order valence-corrected chi connectivity index (χ4v) is 2.42. The van der Waals surface area contributed by atoms with E-state index in [0.717, 1.165) is 5.01 Å². The summed E-state index contributed by atoms with van der Waals surface area (Å²) < 4.78 is 0. The molecule has 18 heavy (non-hydrogen) atoms. The molecule has 2 heterocycles. The molecule has 6 heteroatoms. The summed E-state index contributed by atoms with van der Waals surface area (Å²) in [7, 11) is 0. The maximum absolute atomic E-state index is 12.4. The fourth-order valence-electron chi connectivity index (χ4n) is 1.82. The Morgan fingerprint density at radius 2 is 2.11 bits per heavy atom. The zero-order chi connectivity index (χ0) is 13.6. The van der Waals surface area contributed by atoms with Gasteiger partial charge in [0, 0.05) is 11.6 Å². The Kier molecular flexibility index (Phi) is 2.93. The minimum Gasteiger partial charge on any atom is -0.323 e. The molecule has 0 radical (unpaired) electrons. The van der Waals surface area contributed by atoms with Crippen LogP contribution in [0.1, 0.15) is 32.7 Å². The highest BCUT2D eigenvalue weighted by Gasteiger charge is 2.54. The molecular formula is C12H17N3O2S. The molecular weight excluding hydrogens is 250 g/mol. The molecule has 1 atom stereocenters. The monoisotopic (exact) mass is 267 g/mol. The quantitative estimate of drug-likeness (QED) is 0.834. The van der Waals surface area contributed by atoms with Gasteiger partial charge < -0.3 is 5.32 Å². The van der Waals surface area contributed by atoms with Crippen molar-refractivity contribution in [2.24, 2.45) is 5.41 Å². The van der Waals surface area contributed by atoms with Crippen LogP contribution < -0.4 is 5.32 Å². The maximum atomic E-state index is 12.4. The van der Waals surface area contributed by atoms with Crippen LogP contribution in [0.15, 0.2) is 11.6 Å². The molecule has 1 saturated heterocycles. The molecule has 0 bridgehead atoms. The van der Waals surface area contributed by atoms with Crippen LogP contribution in [0.25, 0.3) is 0 Å². The van der Waals surface area contributed by atoms with Crippen molar-refractivity contribution in [3.63, 3.8) is 0 Å². The van der Waals surface area contributed by atoms with E-state index in [1.807, 2.05) is 26.2 Å². The van der Waals surface area contributed by atoms with E-state index in [2.05, 4.69) is 10.3 Å². The van der Waals surface area contributed by atoms with Crippen molar-refractivity contribution in [3.05, 3.63) is 16.6 Å². The van der Waals surface area contributed by atoms with Gasteiger partial charge in [0.1, 0.15) is 10.5 Å². The van der Waals surface area contributed by atoms with Gasteiger partial charge in [0.2, 0.25) is 0 Å². The lowest BCUT2D eigenvalue weighted by molar-refractivity contribution is -0.134. The number of rotatable bonds is 2. The molecule has 0 aliphatic carbocycles. The van der Waals surface area contributed by atoms with Gasteiger partial charge in [-0.2, -0.15) is 0 Å². The van der Waals surface area contributed by atoms with Crippen molar-refractivity contribution in [2.45, 2.75) is 39.8 Å². The number of hydrogen-bond acceptors (Lipinski definition) is 4. The Hall–Kier alpha value is -1.43. The highest BCUT2D eigenvalue weighted by atomic mass is 32.1. The summed E-state index contributed by atoms with van der Waals surface area (Å²) >= 11 is 1.44. The summed E-state index contributed by atoms with van der Waals surface area (Å²) in [5.74, 6) is -0.185. The molecule has 0 saturated carbocycles. The molecule has 5 nitrogen and oxygen atoms in total. The Morgan fingerprint density at radius 3 is 2.56 bits per heavy atom. The number of imide groups is 1. The second kappa shape index (κ2) is 4.05. The molecule has 1 fully saturated rings. The smallest absolute Gasteiger partial charge is 0.323 e. The van der Waals surface area contributed by atoms with E-state index in [1.54, 1.807) is 13.1 Å². The van der Waals surface area contributed by atoms with E-state index in [4.69, 9.17) is 0 Å². The summed E-state index contributed by atoms with van der Waals surface area (Å²) in [6.07, 6.45) is 1.67. The van der Waals surface area contributed by atoms with E-state index in [-0.39, 0.29) is 23.9 Å². The molecule has 1 aromatic rings. The first-order valence-electron chi connectivity index (χ1n) is 5.78. The van der Waals surface area contributed by atoms with Crippen LogP contribution in [0.3, 0.4) is 0 Å². The third kappa shape index (κ3) is 1.90. The molecule has 1 N–H and O–H groups in total. The molecule has 2 rings (SSSR count).